The molecule has 4 rings (SSSR count). The topological polar surface area (TPSA) is 49.9 Å². The highest BCUT2D eigenvalue weighted by atomic mass is 32.2. The number of carbonyl (C=O) groups excluding carboxylic acids is 2. The molecule has 0 bridgehead atoms. The molecule has 0 aromatic heterocycles. The lowest BCUT2D eigenvalue weighted by Crippen LogP contribution is -2.45. The number of hydrogen-bond donors (Lipinski definition) is 0. The summed E-state index contributed by atoms with van der Waals surface area (Å²) in [6.07, 6.45) is 0.963. The zero-order valence-corrected chi connectivity index (χ0v) is 19.1. The minimum atomic E-state index is -0.483. The highest BCUT2D eigenvalue weighted by Gasteiger charge is 2.31. The lowest BCUT2D eigenvalue weighted by Gasteiger charge is -2.37. The van der Waals surface area contributed by atoms with Crippen molar-refractivity contribution in [2.24, 2.45) is 0 Å². The SMILES string of the molecule is CCC(Oc1ccc2c(c1)C(c1ccccc1)N(C(C)=O)CC2)C(=O)N1CCSCC1. The molecular weight excluding hydrogens is 408 g/mol. The standard InChI is InChI=1S/C25H30N2O3S/c1-3-23(25(29)26-13-15-31-16-14-26)30-21-10-9-19-11-12-27(18(2)28)24(22(19)17-21)20-7-5-4-6-8-20/h4-10,17,23-24H,3,11-16H2,1-2H3. The van der Waals surface area contributed by atoms with Crippen LogP contribution in [0, 0.1) is 0 Å². The van der Waals surface area contributed by atoms with Crippen LogP contribution < -0.4 is 4.74 Å². The average molecular weight is 439 g/mol. The average Bonchev–Trinajstić information content (AvgIpc) is 2.82. The smallest absolute Gasteiger partial charge is 0.263 e. The Morgan fingerprint density at radius 2 is 1.84 bits per heavy atom. The maximum Gasteiger partial charge on any atom is 0.263 e. The van der Waals surface area contributed by atoms with Gasteiger partial charge in [0.25, 0.3) is 5.91 Å². The van der Waals surface area contributed by atoms with Crippen molar-refractivity contribution in [3.05, 3.63) is 65.2 Å². The number of amides is 2. The van der Waals surface area contributed by atoms with Crippen LogP contribution in [-0.2, 0) is 16.0 Å². The minimum Gasteiger partial charge on any atom is -0.481 e. The predicted octanol–water partition coefficient (Wildman–Crippen LogP) is 3.91. The third-order valence-electron chi connectivity index (χ3n) is 6.11. The monoisotopic (exact) mass is 438 g/mol. The summed E-state index contributed by atoms with van der Waals surface area (Å²) in [5.41, 5.74) is 3.40. The fraction of sp³-hybridized carbons (Fsp3) is 0.440. The van der Waals surface area contributed by atoms with Crippen LogP contribution in [0.4, 0.5) is 0 Å². The number of fused-ring (bicyclic) bond motifs is 1. The van der Waals surface area contributed by atoms with Crippen LogP contribution >= 0.6 is 11.8 Å². The van der Waals surface area contributed by atoms with Crippen LogP contribution in [-0.4, -0.2) is 58.9 Å². The van der Waals surface area contributed by atoms with E-state index in [-0.39, 0.29) is 17.9 Å². The first-order valence-corrected chi connectivity index (χ1v) is 12.2. The molecule has 1 fully saturated rings. The molecule has 2 heterocycles. The Morgan fingerprint density at radius 3 is 2.52 bits per heavy atom. The van der Waals surface area contributed by atoms with Crippen LogP contribution in [0.15, 0.2) is 48.5 Å². The fourth-order valence-corrected chi connectivity index (χ4v) is 5.36. The molecule has 164 valence electrons. The Kier molecular flexibility index (Phi) is 6.86. The molecule has 0 saturated carbocycles. The van der Waals surface area contributed by atoms with Crippen molar-refractivity contribution in [3.8, 4) is 5.75 Å². The first-order valence-electron chi connectivity index (χ1n) is 11.1. The van der Waals surface area contributed by atoms with E-state index in [1.807, 2.05) is 58.8 Å². The van der Waals surface area contributed by atoms with Gasteiger partial charge in [-0.05, 0) is 41.7 Å². The van der Waals surface area contributed by atoms with Crippen molar-refractivity contribution in [2.75, 3.05) is 31.1 Å². The van der Waals surface area contributed by atoms with Gasteiger partial charge in [0.15, 0.2) is 6.10 Å². The maximum atomic E-state index is 13.0. The Hall–Kier alpha value is -2.47. The number of rotatable bonds is 5. The molecule has 2 aromatic carbocycles. The van der Waals surface area contributed by atoms with Crippen molar-refractivity contribution in [1.29, 1.82) is 0 Å². The van der Waals surface area contributed by atoms with Crippen molar-refractivity contribution in [2.45, 2.75) is 38.8 Å². The summed E-state index contributed by atoms with van der Waals surface area (Å²) >= 11 is 1.89. The van der Waals surface area contributed by atoms with Crippen molar-refractivity contribution in [1.82, 2.24) is 9.80 Å². The van der Waals surface area contributed by atoms with Crippen LogP contribution in [0.5, 0.6) is 5.75 Å². The summed E-state index contributed by atoms with van der Waals surface area (Å²) in [5, 5.41) is 0. The molecule has 2 unspecified atom stereocenters. The Balaban J connectivity index is 1.62. The van der Waals surface area contributed by atoms with E-state index >= 15 is 0 Å². The van der Waals surface area contributed by atoms with Gasteiger partial charge in [-0.15, -0.1) is 0 Å². The van der Waals surface area contributed by atoms with Gasteiger partial charge in [-0.25, -0.2) is 0 Å². The van der Waals surface area contributed by atoms with Gasteiger partial charge in [0.2, 0.25) is 5.91 Å². The number of nitrogens with zero attached hydrogens (tertiary/aromatic N) is 2. The fourth-order valence-electron chi connectivity index (χ4n) is 4.46. The van der Waals surface area contributed by atoms with Gasteiger partial charge in [-0.1, -0.05) is 43.3 Å². The number of ether oxygens (including phenoxy) is 1. The zero-order chi connectivity index (χ0) is 21.8. The molecule has 0 N–H and O–H groups in total. The molecule has 5 nitrogen and oxygen atoms in total. The normalized spacial score (nSPS) is 19.5. The molecular formula is C25H30N2O3S. The molecule has 31 heavy (non-hydrogen) atoms. The lowest BCUT2D eigenvalue weighted by atomic mass is 9.88. The summed E-state index contributed by atoms with van der Waals surface area (Å²) in [4.78, 5) is 29.2. The maximum absolute atomic E-state index is 13.0. The molecule has 6 heteroatoms. The number of carbonyl (C=O) groups is 2. The second-order valence-electron chi connectivity index (χ2n) is 8.09. The van der Waals surface area contributed by atoms with Gasteiger partial charge >= 0.3 is 0 Å². The van der Waals surface area contributed by atoms with Crippen LogP contribution in [0.25, 0.3) is 0 Å². The second-order valence-corrected chi connectivity index (χ2v) is 9.31. The highest BCUT2D eigenvalue weighted by molar-refractivity contribution is 7.99. The van der Waals surface area contributed by atoms with E-state index < -0.39 is 6.10 Å². The van der Waals surface area contributed by atoms with E-state index in [0.29, 0.717) is 18.7 Å². The summed E-state index contributed by atoms with van der Waals surface area (Å²) in [5.74, 6) is 2.80. The van der Waals surface area contributed by atoms with E-state index in [1.165, 1.54) is 5.56 Å². The van der Waals surface area contributed by atoms with Gasteiger partial charge in [0, 0.05) is 38.1 Å². The van der Waals surface area contributed by atoms with Crippen LogP contribution in [0.2, 0.25) is 0 Å². The molecule has 0 radical (unpaired) electrons. The van der Waals surface area contributed by atoms with E-state index in [4.69, 9.17) is 4.74 Å². The van der Waals surface area contributed by atoms with E-state index in [2.05, 4.69) is 18.2 Å². The highest BCUT2D eigenvalue weighted by Crippen LogP contribution is 2.37. The number of hydrogen-bond acceptors (Lipinski definition) is 4. The van der Waals surface area contributed by atoms with Crippen molar-refractivity contribution in [3.63, 3.8) is 0 Å². The summed E-state index contributed by atoms with van der Waals surface area (Å²) in [7, 11) is 0. The second kappa shape index (κ2) is 9.77. The Labute approximate surface area is 188 Å². The molecule has 2 aromatic rings. The quantitative estimate of drug-likeness (QED) is 0.710. The zero-order valence-electron chi connectivity index (χ0n) is 18.3. The van der Waals surface area contributed by atoms with Gasteiger partial charge < -0.3 is 14.5 Å². The van der Waals surface area contributed by atoms with E-state index in [0.717, 1.165) is 42.1 Å². The molecule has 2 amide bonds. The Morgan fingerprint density at radius 1 is 1.10 bits per heavy atom. The predicted molar refractivity (Wildman–Crippen MR) is 124 cm³/mol. The van der Waals surface area contributed by atoms with Gasteiger partial charge in [0.05, 0.1) is 6.04 Å². The molecule has 2 atom stereocenters. The Bertz CT molecular complexity index is 928. The van der Waals surface area contributed by atoms with Gasteiger partial charge in [-0.3, -0.25) is 9.59 Å². The van der Waals surface area contributed by atoms with Crippen molar-refractivity contribution < 1.29 is 14.3 Å². The third-order valence-corrected chi connectivity index (χ3v) is 7.06. The lowest BCUT2D eigenvalue weighted by molar-refractivity contribution is -0.138. The molecule has 0 aliphatic carbocycles. The van der Waals surface area contributed by atoms with Gasteiger partial charge in [0.1, 0.15) is 5.75 Å². The van der Waals surface area contributed by atoms with Gasteiger partial charge in [-0.2, -0.15) is 11.8 Å². The van der Waals surface area contributed by atoms with E-state index in [9.17, 15) is 9.59 Å². The van der Waals surface area contributed by atoms with Crippen LogP contribution in [0.3, 0.4) is 0 Å². The summed E-state index contributed by atoms with van der Waals surface area (Å²) < 4.78 is 6.22. The first kappa shape index (κ1) is 21.8. The molecule has 1 saturated heterocycles. The number of thioether (sulfide) groups is 1. The molecule has 2 aliphatic rings. The first-order chi connectivity index (χ1) is 15.1. The van der Waals surface area contributed by atoms with Crippen molar-refractivity contribution >= 4 is 23.6 Å². The third kappa shape index (κ3) is 4.74. The molecule has 2 aliphatic heterocycles. The number of benzene rings is 2. The van der Waals surface area contributed by atoms with Crippen LogP contribution in [0.1, 0.15) is 43.0 Å². The molecule has 0 spiro atoms. The van der Waals surface area contributed by atoms with E-state index in [1.54, 1.807) is 6.92 Å². The summed E-state index contributed by atoms with van der Waals surface area (Å²) in [6, 6.07) is 16.1. The summed E-state index contributed by atoms with van der Waals surface area (Å²) in [6.45, 7) is 5.90. The minimum absolute atomic E-state index is 0.0652. The largest absolute Gasteiger partial charge is 0.481 e.